The molecule has 0 aromatic rings. The molecule has 2 unspecified atom stereocenters. The zero-order valence-corrected chi connectivity index (χ0v) is 12.5. The topological polar surface area (TPSA) is 108 Å². The van der Waals surface area contributed by atoms with Gasteiger partial charge in [0.1, 0.15) is 6.04 Å². The summed E-state index contributed by atoms with van der Waals surface area (Å²) in [5, 5.41) is 16.5. The van der Waals surface area contributed by atoms with E-state index in [1.807, 2.05) is 20.8 Å². The van der Waals surface area contributed by atoms with Crippen LogP contribution in [0.3, 0.4) is 0 Å². The minimum atomic E-state index is -0.885. The summed E-state index contributed by atoms with van der Waals surface area (Å²) in [6.45, 7) is 7.40. The smallest absolute Gasteiger partial charge is 0.315 e. The molecule has 0 aliphatic carbocycles. The Hall–Kier alpha value is -1.79. The van der Waals surface area contributed by atoms with Crippen LogP contribution < -0.4 is 16.0 Å². The predicted molar refractivity (Wildman–Crippen MR) is 75.3 cm³/mol. The van der Waals surface area contributed by atoms with Crippen molar-refractivity contribution in [3.63, 3.8) is 0 Å². The molecule has 0 fully saturated rings. The van der Waals surface area contributed by atoms with Crippen LogP contribution in [0.5, 0.6) is 0 Å². The van der Waals surface area contributed by atoms with Gasteiger partial charge in [-0.25, -0.2) is 4.79 Å². The lowest BCUT2D eigenvalue weighted by Crippen LogP contribution is -2.50. The lowest BCUT2D eigenvalue weighted by molar-refractivity contribution is -0.138. The number of amides is 3. The van der Waals surface area contributed by atoms with E-state index in [1.54, 1.807) is 6.92 Å². The largest absolute Gasteiger partial charge is 0.481 e. The van der Waals surface area contributed by atoms with E-state index < -0.39 is 18.0 Å². The third-order valence-electron chi connectivity index (χ3n) is 2.76. The van der Waals surface area contributed by atoms with Gasteiger partial charge in [-0.1, -0.05) is 13.3 Å². The van der Waals surface area contributed by atoms with E-state index in [2.05, 4.69) is 16.0 Å². The summed E-state index contributed by atoms with van der Waals surface area (Å²) >= 11 is 0. The molecule has 0 radical (unpaired) electrons. The van der Waals surface area contributed by atoms with Gasteiger partial charge in [0.05, 0.1) is 0 Å². The van der Waals surface area contributed by atoms with E-state index in [9.17, 15) is 14.4 Å². The van der Waals surface area contributed by atoms with Gasteiger partial charge in [0, 0.05) is 19.0 Å². The van der Waals surface area contributed by atoms with Crippen LogP contribution in [0.4, 0.5) is 4.79 Å². The molecule has 0 aliphatic heterocycles. The molecule has 0 heterocycles. The van der Waals surface area contributed by atoms with E-state index in [4.69, 9.17) is 5.11 Å². The summed E-state index contributed by atoms with van der Waals surface area (Å²) in [6, 6.07) is -1.10. The first kappa shape index (κ1) is 18.2. The van der Waals surface area contributed by atoms with Crippen LogP contribution in [0.1, 0.15) is 40.5 Å². The minimum absolute atomic E-state index is 0.00912. The average molecular weight is 287 g/mol. The second-order valence-corrected chi connectivity index (χ2v) is 5.11. The van der Waals surface area contributed by atoms with Gasteiger partial charge >= 0.3 is 12.0 Å². The Morgan fingerprint density at radius 3 is 2.15 bits per heavy atom. The number of hydrogen-bond donors (Lipinski definition) is 4. The van der Waals surface area contributed by atoms with Crippen LogP contribution in [0.15, 0.2) is 0 Å². The Morgan fingerprint density at radius 1 is 1.10 bits per heavy atom. The lowest BCUT2D eigenvalue weighted by Gasteiger charge is -2.18. The average Bonchev–Trinajstić information content (AvgIpc) is 2.32. The number of carbonyl (C=O) groups is 3. The van der Waals surface area contributed by atoms with Crippen molar-refractivity contribution >= 4 is 17.9 Å². The first-order valence-corrected chi connectivity index (χ1v) is 6.82. The van der Waals surface area contributed by atoms with E-state index >= 15 is 0 Å². The number of nitrogens with one attached hydrogen (secondary N) is 3. The fraction of sp³-hybridized carbons (Fsp3) is 0.769. The quantitative estimate of drug-likeness (QED) is 0.527. The van der Waals surface area contributed by atoms with Crippen LogP contribution in [-0.4, -0.2) is 41.6 Å². The highest BCUT2D eigenvalue weighted by Gasteiger charge is 2.17. The van der Waals surface area contributed by atoms with Crippen molar-refractivity contribution in [2.75, 3.05) is 6.54 Å². The van der Waals surface area contributed by atoms with E-state index in [1.165, 1.54) is 0 Å². The fourth-order valence-corrected chi connectivity index (χ4v) is 1.57. The molecule has 0 aliphatic rings. The van der Waals surface area contributed by atoms with Gasteiger partial charge in [0.2, 0.25) is 5.91 Å². The van der Waals surface area contributed by atoms with Gasteiger partial charge in [-0.15, -0.1) is 0 Å². The number of urea groups is 1. The Balaban J connectivity index is 4.09. The van der Waals surface area contributed by atoms with Crippen molar-refractivity contribution in [3.05, 3.63) is 0 Å². The van der Waals surface area contributed by atoms with Gasteiger partial charge in [-0.05, 0) is 26.7 Å². The molecular formula is C13H25N3O4. The SMILES string of the molecule is CCC(CNC(=O)NC(C)C(=O)NC(C)C)CC(=O)O. The van der Waals surface area contributed by atoms with Crippen molar-refractivity contribution in [1.29, 1.82) is 0 Å². The molecule has 0 aromatic carbocycles. The highest BCUT2D eigenvalue weighted by Crippen LogP contribution is 2.06. The Morgan fingerprint density at radius 2 is 1.70 bits per heavy atom. The maximum Gasteiger partial charge on any atom is 0.315 e. The maximum atomic E-state index is 11.6. The molecule has 4 N–H and O–H groups in total. The van der Waals surface area contributed by atoms with Crippen LogP contribution in [0.25, 0.3) is 0 Å². The third kappa shape index (κ3) is 8.34. The standard InChI is InChI=1S/C13H25N3O4/c1-5-10(6-11(17)18)7-14-13(20)16-9(4)12(19)15-8(2)3/h8-10H,5-7H2,1-4H3,(H,15,19)(H,17,18)(H2,14,16,20). The molecule has 0 aromatic heterocycles. The Bertz CT molecular complexity index is 345. The number of hydrogen-bond acceptors (Lipinski definition) is 3. The second-order valence-electron chi connectivity index (χ2n) is 5.11. The zero-order chi connectivity index (χ0) is 15.7. The normalized spacial score (nSPS) is 13.4. The summed E-state index contributed by atoms with van der Waals surface area (Å²) in [4.78, 5) is 33.8. The summed E-state index contributed by atoms with van der Waals surface area (Å²) in [6.07, 6.45) is 0.677. The monoisotopic (exact) mass is 287 g/mol. The lowest BCUT2D eigenvalue weighted by atomic mass is 10.0. The molecule has 3 amide bonds. The number of aliphatic carboxylic acids is 1. The second kappa shape index (κ2) is 9.17. The first-order chi connectivity index (χ1) is 9.26. The van der Waals surface area contributed by atoms with Crippen LogP contribution in [0.2, 0.25) is 0 Å². The number of carboxylic acids is 1. The molecule has 2 atom stereocenters. The van der Waals surface area contributed by atoms with Crippen molar-refractivity contribution < 1.29 is 19.5 Å². The molecule has 0 bridgehead atoms. The predicted octanol–water partition coefficient (Wildman–Crippen LogP) is 0.700. The van der Waals surface area contributed by atoms with Gasteiger partial charge in [0.25, 0.3) is 0 Å². The van der Waals surface area contributed by atoms with Crippen molar-refractivity contribution in [2.45, 2.75) is 52.6 Å². The molecule has 116 valence electrons. The molecule has 0 saturated carbocycles. The molecule has 0 rings (SSSR count). The van der Waals surface area contributed by atoms with Crippen molar-refractivity contribution in [2.24, 2.45) is 5.92 Å². The highest BCUT2D eigenvalue weighted by molar-refractivity contribution is 5.86. The fourth-order valence-electron chi connectivity index (χ4n) is 1.57. The molecule has 7 nitrogen and oxygen atoms in total. The Labute approximate surface area is 119 Å². The number of rotatable bonds is 8. The van der Waals surface area contributed by atoms with Crippen LogP contribution in [0, 0.1) is 5.92 Å². The van der Waals surface area contributed by atoms with E-state index in [-0.39, 0.29) is 30.8 Å². The van der Waals surface area contributed by atoms with Crippen molar-refractivity contribution in [3.8, 4) is 0 Å². The van der Waals surface area contributed by atoms with Gasteiger partial charge in [0.15, 0.2) is 0 Å². The first-order valence-electron chi connectivity index (χ1n) is 6.82. The number of carboxylic acid groups (broad SMARTS) is 1. The van der Waals surface area contributed by atoms with Crippen LogP contribution >= 0.6 is 0 Å². The molecule has 20 heavy (non-hydrogen) atoms. The minimum Gasteiger partial charge on any atom is -0.481 e. The number of carbonyl (C=O) groups excluding carboxylic acids is 2. The van der Waals surface area contributed by atoms with Gasteiger partial charge in [-0.3, -0.25) is 9.59 Å². The van der Waals surface area contributed by atoms with E-state index in [0.29, 0.717) is 6.42 Å². The third-order valence-corrected chi connectivity index (χ3v) is 2.76. The summed E-state index contributed by atoms with van der Waals surface area (Å²) in [5.41, 5.74) is 0. The summed E-state index contributed by atoms with van der Waals surface area (Å²) in [5.74, 6) is -1.26. The van der Waals surface area contributed by atoms with E-state index in [0.717, 1.165) is 0 Å². The molecule has 0 spiro atoms. The van der Waals surface area contributed by atoms with Gasteiger partial charge in [-0.2, -0.15) is 0 Å². The molecule has 7 heteroatoms. The summed E-state index contributed by atoms with van der Waals surface area (Å²) < 4.78 is 0. The Kier molecular flexibility index (Phi) is 8.35. The zero-order valence-electron chi connectivity index (χ0n) is 12.5. The van der Waals surface area contributed by atoms with Crippen LogP contribution in [-0.2, 0) is 9.59 Å². The molecular weight excluding hydrogens is 262 g/mol. The maximum absolute atomic E-state index is 11.6. The van der Waals surface area contributed by atoms with Gasteiger partial charge < -0.3 is 21.1 Å². The summed E-state index contributed by atoms with van der Waals surface area (Å²) in [7, 11) is 0. The van der Waals surface area contributed by atoms with Crippen molar-refractivity contribution in [1.82, 2.24) is 16.0 Å². The highest BCUT2D eigenvalue weighted by atomic mass is 16.4. The molecule has 0 saturated heterocycles.